The topological polar surface area (TPSA) is 67.2 Å². The van der Waals surface area contributed by atoms with Gasteiger partial charge in [-0.2, -0.15) is 5.10 Å². The minimum Gasteiger partial charge on any atom is -0.387 e. The lowest BCUT2D eigenvalue weighted by Gasteiger charge is -2.19. The number of hydrogen-bond acceptors (Lipinski definition) is 3. The van der Waals surface area contributed by atoms with Crippen LogP contribution in [0.3, 0.4) is 0 Å². The molecule has 0 radical (unpaired) electrons. The van der Waals surface area contributed by atoms with E-state index in [4.69, 9.17) is 0 Å². The SMILES string of the molecule is O=C(NC[C@H](O)c1ccccc1)[C@@H](c1ccccc1)n1cccn1. The van der Waals surface area contributed by atoms with Gasteiger partial charge in [-0.25, -0.2) is 0 Å². The van der Waals surface area contributed by atoms with Crippen molar-refractivity contribution in [2.45, 2.75) is 12.1 Å². The number of benzene rings is 2. The maximum Gasteiger partial charge on any atom is 0.249 e. The lowest BCUT2D eigenvalue weighted by Crippen LogP contribution is -2.36. The van der Waals surface area contributed by atoms with Gasteiger partial charge in [0.25, 0.3) is 0 Å². The molecule has 2 N–H and O–H groups in total. The summed E-state index contributed by atoms with van der Waals surface area (Å²) in [6.45, 7) is 0.146. The smallest absolute Gasteiger partial charge is 0.249 e. The van der Waals surface area contributed by atoms with Crippen molar-refractivity contribution in [1.82, 2.24) is 15.1 Å². The molecular formula is C19H19N3O2. The van der Waals surface area contributed by atoms with Crippen LogP contribution in [0.2, 0.25) is 0 Å². The second kappa shape index (κ2) is 7.57. The van der Waals surface area contributed by atoms with Gasteiger partial charge >= 0.3 is 0 Å². The highest BCUT2D eigenvalue weighted by Crippen LogP contribution is 2.18. The van der Waals surface area contributed by atoms with E-state index in [1.807, 2.05) is 60.7 Å². The second-order valence-electron chi connectivity index (χ2n) is 5.47. The van der Waals surface area contributed by atoms with Crippen LogP contribution in [0.15, 0.2) is 79.1 Å². The molecule has 0 aliphatic heterocycles. The van der Waals surface area contributed by atoms with E-state index in [1.165, 1.54) is 0 Å². The standard InChI is InChI=1S/C19H19N3O2/c23-17(15-8-3-1-4-9-15)14-20-19(24)18(22-13-7-12-21-22)16-10-5-2-6-11-16/h1-13,17-18,23H,14H2,(H,20,24)/t17-,18+/m0/s1. The van der Waals surface area contributed by atoms with Crippen molar-refractivity contribution >= 4 is 5.91 Å². The first-order valence-electron chi connectivity index (χ1n) is 7.80. The molecule has 0 bridgehead atoms. The zero-order valence-electron chi connectivity index (χ0n) is 13.1. The van der Waals surface area contributed by atoms with Gasteiger partial charge in [-0.3, -0.25) is 9.48 Å². The third kappa shape index (κ3) is 3.70. The Hall–Kier alpha value is -2.92. The first kappa shape index (κ1) is 16.0. The van der Waals surface area contributed by atoms with E-state index in [0.29, 0.717) is 0 Å². The Morgan fingerprint density at radius 1 is 1.00 bits per heavy atom. The molecule has 0 spiro atoms. The van der Waals surface area contributed by atoms with Gasteiger partial charge in [0.15, 0.2) is 6.04 Å². The third-order valence-corrected chi connectivity index (χ3v) is 3.81. The van der Waals surface area contributed by atoms with E-state index >= 15 is 0 Å². The van der Waals surface area contributed by atoms with Gasteiger partial charge in [0.05, 0.1) is 6.10 Å². The number of aliphatic hydroxyl groups is 1. The molecule has 5 nitrogen and oxygen atoms in total. The van der Waals surface area contributed by atoms with Crippen LogP contribution in [0.4, 0.5) is 0 Å². The van der Waals surface area contributed by atoms with Crippen LogP contribution in [-0.4, -0.2) is 27.3 Å². The number of carbonyl (C=O) groups excluding carboxylic acids is 1. The third-order valence-electron chi connectivity index (χ3n) is 3.81. The predicted octanol–water partition coefficient (Wildman–Crippen LogP) is 2.32. The molecule has 0 unspecified atom stereocenters. The molecule has 1 heterocycles. The Balaban J connectivity index is 1.73. The molecule has 3 aromatic rings. The fourth-order valence-electron chi connectivity index (χ4n) is 2.58. The maximum absolute atomic E-state index is 12.7. The van der Waals surface area contributed by atoms with Crippen LogP contribution in [0, 0.1) is 0 Å². The van der Waals surface area contributed by atoms with Gasteiger partial charge in [-0.05, 0) is 17.2 Å². The van der Waals surface area contributed by atoms with E-state index in [1.54, 1.807) is 23.1 Å². The number of amides is 1. The van der Waals surface area contributed by atoms with E-state index in [2.05, 4.69) is 10.4 Å². The lowest BCUT2D eigenvalue weighted by atomic mass is 10.1. The minimum atomic E-state index is -0.746. The van der Waals surface area contributed by atoms with Crippen molar-refractivity contribution in [2.24, 2.45) is 0 Å². The van der Waals surface area contributed by atoms with Gasteiger partial charge in [0.2, 0.25) is 5.91 Å². The molecule has 122 valence electrons. The Labute approximate surface area is 140 Å². The molecule has 0 aliphatic carbocycles. The van der Waals surface area contributed by atoms with E-state index in [-0.39, 0.29) is 12.5 Å². The molecular weight excluding hydrogens is 302 g/mol. The van der Waals surface area contributed by atoms with Crippen molar-refractivity contribution in [1.29, 1.82) is 0 Å². The first-order chi connectivity index (χ1) is 11.8. The monoisotopic (exact) mass is 321 g/mol. The Bertz CT molecular complexity index is 758. The van der Waals surface area contributed by atoms with Crippen molar-refractivity contribution in [3.05, 3.63) is 90.3 Å². The summed E-state index contributed by atoms with van der Waals surface area (Å²) in [5.41, 5.74) is 1.61. The predicted molar refractivity (Wildman–Crippen MR) is 91.2 cm³/mol. The van der Waals surface area contributed by atoms with Crippen molar-refractivity contribution in [3.63, 3.8) is 0 Å². The minimum absolute atomic E-state index is 0.146. The molecule has 5 heteroatoms. The number of aromatic nitrogens is 2. The van der Waals surface area contributed by atoms with Crippen LogP contribution >= 0.6 is 0 Å². The van der Waals surface area contributed by atoms with Crippen molar-refractivity contribution in [2.75, 3.05) is 6.54 Å². The number of hydrogen-bond donors (Lipinski definition) is 2. The highest BCUT2D eigenvalue weighted by atomic mass is 16.3. The lowest BCUT2D eigenvalue weighted by molar-refractivity contribution is -0.123. The van der Waals surface area contributed by atoms with E-state index in [9.17, 15) is 9.90 Å². The van der Waals surface area contributed by atoms with Crippen LogP contribution in [0.25, 0.3) is 0 Å². The average Bonchev–Trinajstić information content (AvgIpc) is 3.15. The summed E-state index contributed by atoms with van der Waals surface area (Å²) in [4.78, 5) is 12.7. The highest BCUT2D eigenvalue weighted by molar-refractivity contribution is 5.83. The normalized spacial score (nSPS) is 13.2. The number of aliphatic hydroxyl groups excluding tert-OH is 1. The van der Waals surface area contributed by atoms with Crippen molar-refractivity contribution in [3.8, 4) is 0 Å². The summed E-state index contributed by atoms with van der Waals surface area (Å²) in [6, 6.07) is 19.9. The summed E-state index contributed by atoms with van der Waals surface area (Å²) in [7, 11) is 0. The van der Waals surface area contributed by atoms with Crippen LogP contribution < -0.4 is 5.32 Å². The van der Waals surface area contributed by atoms with Crippen LogP contribution in [-0.2, 0) is 4.79 Å². The fraction of sp³-hybridized carbons (Fsp3) is 0.158. The van der Waals surface area contributed by atoms with Gasteiger partial charge in [0, 0.05) is 18.9 Å². The Morgan fingerprint density at radius 2 is 1.62 bits per heavy atom. The summed E-state index contributed by atoms with van der Waals surface area (Å²) in [5, 5.41) is 17.2. The fourth-order valence-corrected chi connectivity index (χ4v) is 2.58. The highest BCUT2D eigenvalue weighted by Gasteiger charge is 2.23. The molecule has 0 fully saturated rings. The summed E-state index contributed by atoms with van der Waals surface area (Å²) in [5.74, 6) is -0.208. The second-order valence-corrected chi connectivity index (χ2v) is 5.47. The Morgan fingerprint density at radius 3 is 2.21 bits per heavy atom. The molecule has 2 aromatic carbocycles. The van der Waals surface area contributed by atoms with Gasteiger partial charge in [0.1, 0.15) is 0 Å². The van der Waals surface area contributed by atoms with Gasteiger partial charge in [-0.1, -0.05) is 60.7 Å². The van der Waals surface area contributed by atoms with E-state index in [0.717, 1.165) is 11.1 Å². The summed E-state index contributed by atoms with van der Waals surface area (Å²) < 4.78 is 1.61. The molecule has 2 atom stereocenters. The zero-order chi connectivity index (χ0) is 16.8. The number of nitrogens with zero attached hydrogens (tertiary/aromatic N) is 2. The van der Waals surface area contributed by atoms with Gasteiger partial charge in [-0.15, -0.1) is 0 Å². The summed E-state index contributed by atoms with van der Waals surface area (Å²) >= 11 is 0. The first-order valence-corrected chi connectivity index (χ1v) is 7.80. The molecule has 1 aromatic heterocycles. The molecule has 0 saturated heterocycles. The molecule has 0 aliphatic rings. The zero-order valence-corrected chi connectivity index (χ0v) is 13.1. The summed E-state index contributed by atoms with van der Waals surface area (Å²) in [6.07, 6.45) is 2.65. The number of nitrogens with one attached hydrogen (secondary N) is 1. The largest absolute Gasteiger partial charge is 0.387 e. The van der Waals surface area contributed by atoms with Crippen LogP contribution in [0.1, 0.15) is 23.3 Å². The molecule has 3 rings (SSSR count). The maximum atomic E-state index is 12.7. The average molecular weight is 321 g/mol. The number of carbonyl (C=O) groups is 1. The Kier molecular flexibility index (Phi) is 5.03. The van der Waals surface area contributed by atoms with E-state index < -0.39 is 12.1 Å². The van der Waals surface area contributed by atoms with Crippen molar-refractivity contribution < 1.29 is 9.90 Å². The number of rotatable bonds is 6. The quantitative estimate of drug-likeness (QED) is 0.732. The molecule has 1 amide bonds. The molecule has 24 heavy (non-hydrogen) atoms. The van der Waals surface area contributed by atoms with Gasteiger partial charge < -0.3 is 10.4 Å². The van der Waals surface area contributed by atoms with Crippen LogP contribution in [0.5, 0.6) is 0 Å². The molecule has 0 saturated carbocycles.